The van der Waals surface area contributed by atoms with Gasteiger partial charge in [0.1, 0.15) is 0 Å². The second kappa shape index (κ2) is 4.37. The number of aliphatic hydroxyl groups is 2. The number of carbonyl (C=O) groups is 1. The van der Waals surface area contributed by atoms with Crippen molar-refractivity contribution < 1.29 is 15.0 Å². The average Bonchev–Trinajstić information content (AvgIpc) is 2.16. The highest BCUT2D eigenvalue weighted by atomic mass is 35.5. The van der Waals surface area contributed by atoms with Crippen LogP contribution in [-0.2, 0) is 13.2 Å². The summed E-state index contributed by atoms with van der Waals surface area (Å²) in [6, 6.07) is 3.01. The van der Waals surface area contributed by atoms with E-state index in [1.54, 1.807) is 0 Å². The van der Waals surface area contributed by atoms with Crippen molar-refractivity contribution in [2.75, 3.05) is 0 Å². The maximum Gasteiger partial charge on any atom is 0.150 e. The smallest absolute Gasteiger partial charge is 0.150 e. The molecule has 2 N–H and O–H groups in total. The lowest BCUT2D eigenvalue weighted by atomic mass is 10.0. The van der Waals surface area contributed by atoms with Gasteiger partial charge >= 0.3 is 0 Å². The summed E-state index contributed by atoms with van der Waals surface area (Å²) in [5.74, 6) is 0. The second-order valence-corrected chi connectivity index (χ2v) is 3.01. The van der Waals surface area contributed by atoms with Gasteiger partial charge in [-0.15, -0.1) is 0 Å². The minimum atomic E-state index is -0.262. The number of rotatable bonds is 3. The van der Waals surface area contributed by atoms with Gasteiger partial charge in [0.05, 0.1) is 13.2 Å². The average molecular weight is 201 g/mol. The van der Waals surface area contributed by atoms with E-state index < -0.39 is 0 Å². The molecule has 0 fully saturated rings. The molecule has 0 atom stereocenters. The maximum atomic E-state index is 10.6. The highest BCUT2D eigenvalue weighted by Crippen LogP contribution is 2.20. The molecule has 0 aliphatic heterocycles. The van der Waals surface area contributed by atoms with E-state index in [4.69, 9.17) is 21.8 Å². The number of benzene rings is 1. The molecule has 0 saturated heterocycles. The predicted molar refractivity (Wildman–Crippen MR) is 48.7 cm³/mol. The fourth-order valence-electron chi connectivity index (χ4n) is 1.15. The van der Waals surface area contributed by atoms with Crippen molar-refractivity contribution in [3.05, 3.63) is 33.8 Å². The van der Waals surface area contributed by atoms with Crippen LogP contribution in [0, 0.1) is 0 Å². The fourth-order valence-corrected chi connectivity index (χ4v) is 1.41. The van der Waals surface area contributed by atoms with Crippen LogP contribution >= 0.6 is 11.6 Å². The Morgan fingerprint density at radius 2 is 1.69 bits per heavy atom. The molecule has 70 valence electrons. The number of aldehydes is 1. The van der Waals surface area contributed by atoms with Gasteiger partial charge in [0, 0.05) is 10.6 Å². The molecule has 0 aliphatic rings. The molecule has 0 heterocycles. The van der Waals surface area contributed by atoms with Gasteiger partial charge in [0.15, 0.2) is 6.29 Å². The Balaban J connectivity index is 3.33. The van der Waals surface area contributed by atoms with Crippen molar-refractivity contribution in [2.45, 2.75) is 13.2 Å². The first-order valence-electron chi connectivity index (χ1n) is 3.71. The number of aliphatic hydroxyl groups excluding tert-OH is 2. The van der Waals surface area contributed by atoms with Crippen LogP contribution in [0.3, 0.4) is 0 Å². The van der Waals surface area contributed by atoms with Crippen LogP contribution in [0.5, 0.6) is 0 Å². The highest BCUT2D eigenvalue weighted by molar-refractivity contribution is 6.30. The van der Waals surface area contributed by atoms with Crippen LogP contribution in [-0.4, -0.2) is 16.5 Å². The van der Waals surface area contributed by atoms with Crippen LogP contribution < -0.4 is 0 Å². The van der Waals surface area contributed by atoms with Crippen LogP contribution in [0.15, 0.2) is 12.1 Å². The van der Waals surface area contributed by atoms with E-state index >= 15 is 0 Å². The third-order valence-corrected chi connectivity index (χ3v) is 1.99. The molecule has 0 spiro atoms. The largest absolute Gasteiger partial charge is 0.392 e. The standard InChI is InChI=1S/C9H9ClO3/c10-8-1-6(3-11)9(5-13)7(2-8)4-12/h1-2,5,11-12H,3-4H2. The topological polar surface area (TPSA) is 57.5 Å². The normalized spacial score (nSPS) is 10.1. The summed E-state index contributed by atoms with van der Waals surface area (Å²) in [6.07, 6.45) is 0.605. The van der Waals surface area contributed by atoms with Gasteiger partial charge in [-0.2, -0.15) is 0 Å². The van der Waals surface area contributed by atoms with Crippen molar-refractivity contribution in [3.63, 3.8) is 0 Å². The van der Waals surface area contributed by atoms with Gasteiger partial charge < -0.3 is 10.2 Å². The minimum Gasteiger partial charge on any atom is -0.392 e. The molecule has 13 heavy (non-hydrogen) atoms. The van der Waals surface area contributed by atoms with E-state index in [0.717, 1.165) is 0 Å². The zero-order valence-corrected chi connectivity index (χ0v) is 7.58. The molecule has 1 aromatic carbocycles. The molecule has 0 aliphatic carbocycles. The highest BCUT2D eigenvalue weighted by Gasteiger charge is 2.07. The molecule has 0 radical (unpaired) electrons. The summed E-state index contributed by atoms with van der Waals surface area (Å²) < 4.78 is 0. The summed E-state index contributed by atoms with van der Waals surface area (Å²) in [7, 11) is 0. The van der Waals surface area contributed by atoms with Crippen molar-refractivity contribution in [1.29, 1.82) is 0 Å². The molecule has 0 bridgehead atoms. The van der Waals surface area contributed by atoms with E-state index in [1.165, 1.54) is 12.1 Å². The summed E-state index contributed by atoms with van der Waals surface area (Å²) >= 11 is 5.70. The van der Waals surface area contributed by atoms with Crippen molar-refractivity contribution in [3.8, 4) is 0 Å². The molecule has 0 amide bonds. The molecule has 1 rings (SSSR count). The molecule has 1 aromatic rings. The van der Waals surface area contributed by atoms with E-state index in [9.17, 15) is 4.79 Å². The Kier molecular flexibility index (Phi) is 3.42. The maximum absolute atomic E-state index is 10.6. The quantitative estimate of drug-likeness (QED) is 0.720. The molecule has 0 unspecified atom stereocenters. The number of carbonyl (C=O) groups excluding carboxylic acids is 1. The third-order valence-electron chi connectivity index (χ3n) is 1.77. The molecule has 3 nitrogen and oxygen atoms in total. The van der Waals surface area contributed by atoms with Gasteiger partial charge in [-0.05, 0) is 23.3 Å². The Labute approximate surface area is 80.6 Å². The Hall–Kier alpha value is -0.900. The van der Waals surface area contributed by atoms with Crippen molar-refractivity contribution in [2.24, 2.45) is 0 Å². The summed E-state index contributed by atoms with van der Waals surface area (Å²) in [4.78, 5) is 10.6. The van der Waals surface area contributed by atoms with Crippen LogP contribution in [0.4, 0.5) is 0 Å². The van der Waals surface area contributed by atoms with Gasteiger partial charge in [0.25, 0.3) is 0 Å². The summed E-state index contributed by atoms with van der Waals surface area (Å²) in [5, 5.41) is 18.2. The van der Waals surface area contributed by atoms with Gasteiger partial charge in [-0.25, -0.2) is 0 Å². The lowest BCUT2D eigenvalue weighted by Crippen LogP contribution is -1.99. The molecular weight excluding hydrogens is 192 g/mol. The Morgan fingerprint density at radius 1 is 1.23 bits per heavy atom. The minimum absolute atomic E-state index is 0.262. The van der Waals surface area contributed by atoms with Gasteiger partial charge in [-0.3, -0.25) is 4.79 Å². The van der Waals surface area contributed by atoms with Crippen molar-refractivity contribution in [1.82, 2.24) is 0 Å². The first-order valence-corrected chi connectivity index (χ1v) is 4.09. The van der Waals surface area contributed by atoms with E-state index in [-0.39, 0.29) is 13.2 Å². The molecule has 4 heteroatoms. The lowest BCUT2D eigenvalue weighted by Gasteiger charge is -2.06. The van der Waals surface area contributed by atoms with E-state index in [0.29, 0.717) is 28.0 Å². The predicted octanol–water partition coefficient (Wildman–Crippen LogP) is 1.14. The number of hydrogen-bond acceptors (Lipinski definition) is 3. The lowest BCUT2D eigenvalue weighted by molar-refractivity contribution is 0.111. The third kappa shape index (κ3) is 2.06. The van der Waals surface area contributed by atoms with Crippen LogP contribution in [0.2, 0.25) is 5.02 Å². The van der Waals surface area contributed by atoms with E-state index in [1.807, 2.05) is 0 Å². The van der Waals surface area contributed by atoms with Gasteiger partial charge in [0.2, 0.25) is 0 Å². The van der Waals surface area contributed by atoms with Crippen molar-refractivity contribution >= 4 is 17.9 Å². The molecule has 0 aromatic heterocycles. The number of halogens is 1. The molecular formula is C9H9ClO3. The molecule has 0 saturated carbocycles. The van der Waals surface area contributed by atoms with Gasteiger partial charge in [-0.1, -0.05) is 11.6 Å². The Bertz CT molecular complexity index is 298. The van der Waals surface area contributed by atoms with E-state index in [2.05, 4.69) is 0 Å². The first-order chi connectivity index (χ1) is 6.22. The van der Waals surface area contributed by atoms with Crippen LogP contribution in [0.1, 0.15) is 21.5 Å². The summed E-state index contributed by atoms with van der Waals surface area (Å²) in [6.45, 7) is -0.525. The number of hydrogen-bond donors (Lipinski definition) is 2. The first kappa shape index (κ1) is 10.2. The van der Waals surface area contributed by atoms with Crippen LogP contribution in [0.25, 0.3) is 0 Å². The second-order valence-electron chi connectivity index (χ2n) is 2.57. The fraction of sp³-hybridized carbons (Fsp3) is 0.222. The zero-order chi connectivity index (χ0) is 9.84. The summed E-state index contributed by atoms with van der Waals surface area (Å²) in [5.41, 5.74) is 1.19. The Morgan fingerprint density at radius 3 is 2.00 bits per heavy atom. The monoisotopic (exact) mass is 200 g/mol. The zero-order valence-electron chi connectivity index (χ0n) is 6.83. The SMILES string of the molecule is O=Cc1c(CO)cc(Cl)cc1CO.